The molecule has 174 valence electrons. The summed E-state index contributed by atoms with van der Waals surface area (Å²) in [5.74, 6) is 0.0482. The Morgan fingerprint density at radius 1 is 0.618 bits per heavy atom. The molecule has 10 nitrogen and oxygen atoms in total. The average Bonchev–Trinajstić information content (AvgIpc) is 3.35. The minimum atomic E-state index is 0.0241. The van der Waals surface area contributed by atoms with Crippen LogP contribution in [0.25, 0.3) is 22.1 Å². The molecule has 0 saturated heterocycles. The summed E-state index contributed by atoms with van der Waals surface area (Å²) < 4.78 is 3.31. The van der Waals surface area contributed by atoms with Gasteiger partial charge in [-0.2, -0.15) is 20.4 Å². The van der Waals surface area contributed by atoms with E-state index >= 15 is 0 Å². The highest BCUT2D eigenvalue weighted by molar-refractivity contribution is 6.06. The van der Waals surface area contributed by atoms with Crippen molar-refractivity contribution in [2.75, 3.05) is 10.6 Å². The Bertz CT molecular complexity index is 1200. The first-order valence-electron chi connectivity index (χ1n) is 11.7. The van der Waals surface area contributed by atoms with Crippen molar-refractivity contribution in [3.63, 3.8) is 0 Å². The zero-order valence-electron chi connectivity index (χ0n) is 19.6. The molecule has 0 bridgehead atoms. The maximum Gasteiger partial charge on any atom is 0.432 e. The number of aromatic nitrogens is 6. The molecular weight excluding hydrogens is 462 g/mol. The zero-order valence-corrected chi connectivity index (χ0v) is 23.6. The van der Waals surface area contributed by atoms with Crippen LogP contribution in [0.3, 0.4) is 0 Å². The van der Waals surface area contributed by atoms with E-state index in [9.17, 15) is 9.59 Å². The van der Waals surface area contributed by atoms with Gasteiger partial charge in [0.25, 0.3) is 0 Å². The number of nitrogens with one attached hydrogen (secondary N) is 2. The van der Waals surface area contributed by atoms with Crippen molar-refractivity contribution in [1.82, 2.24) is 28.0 Å². The predicted octanol–water partition coefficient (Wildman–Crippen LogP) is 1.67. The Morgan fingerprint density at radius 2 is 1.00 bits per heavy atom. The third-order valence-electron chi connectivity index (χ3n) is 5.59. The number of amides is 2. The van der Waals surface area contributed by atoms with Gasteiger partial charge in [0, 0.05) is 24.2 Å². The molecule has 0 unspecified atom stereocenters. The lowest BCUT2D eigenvalue weighted by molar-refractivity contribution is -0.117. The molecule has 2 heterocycles. The van der Waals surface area contributed by atoms with Gasteiger partial charge >= 0.3 is 33.0 Å². The Morgan fingerprint density at radius 3 is 1.44 bits per heavy atom. The summed E-state index contributed by atoms with van der Waals surface area (Å²) in [5.41, 5.74) is 4.81. The maximum absolute atomic E-state index is 12.2. The van der Waals surface area contributed by atoms with E-state index in [0.717, 1.165) is 105 Å². The SMILES string of the molecule is O=C(CCCCCCCCC(=O)Nc1ccc2n[n]([AlH2])nc2c1)Nc1ccc2n[n]([AlH2])nc2c1. The number of fused-ring (bicyclic) bond motifs is 2. The van der Waals surface area contributed by atoms with Crippen molar-refractivity contribution in [1.29, 1.82) is 0 Å². The minimum Gasteiger partial charge on any atom is -0.326 e. The Balaban J connectivity index is 1.05. The summed E-state index contributed by atoms with van der Waals surface area (Å²) in [5, 5.41) is 23.1. The Kier molecular flexibility index (Phi) is 8.31. The molecule has 0 atom stereocenters. The van der Waals surface area contributed by atoms with Gasteiger partial charge in [-0.3, -0.25) is 17.1 Å². The third kappa shape index (κ3) is 6.88. The number of hydrogen-bond acceptors (Lipinski definition) is 6. The number of carbonyl (C=O) groups is 2. The largest absolute Gasteiger partial charge is 0.432 e. The van der Waals surface area contributed by atoms with Gasteiger partial charge in [-0.25, -0.2) is 0 Å². The molecule has 4 aromatic rings. The van der Waals surface area contributed by atoms with Crippen LogP contribution >= 0.6 is 0 Å². The highest BCUT2D eigenvalue weighted by atomic mass is 27.1. The van der Waals surface area contributed by atoms with Crippen LogP contribution in [0.2, 0.25) is 0 Å². The molecule has 4 rings (SSSR count). The monoisotopic (exact) mass is 490 g/mol. The van der Waals surface area contributed by atoms with Crippen molar-refractivity contribution < 1.29 is 9.59 Å². The highest BCUT2D eigenvalue weighted by Gasteiger charge is 2.07. The van der Waals surface area contributed by atoms with E-state index in [1.807, 2.05) is 36.4 Å². The molecule has 0 fully saturated rings. The summed E-state index contributed by atoms with van der Waals surface area (Å²) in [4.78, 5) is 24.4. The lowest BCUT2D eigenvalue weighted by atomic mass is 10.1. The second-order valence-electron chi connectivity index (χ2n) is 8.50. The lowest BCUT2D eigenvalue weighted by Crippen LogP contribution is -2.11. The smallest absolute Gasteiger partial charge is 0.326 e. The van der Waals surface area contributed by atoms with Gasteiger partial charge in [-0.15, -0.1) is 0 Å². The average molecular weight is 490 g/mol. The van der Waals surface area contributed by atoms with Gasteiger partial charge in [-0.05, 0) is 49.2 Å². The summed E-state index contributed by atoms with van der Waals surface area (Å²) >= 11 is 1.47. The lowest BCUT2D eigenvalue weighted by Gasteiger charge is -2.06. The van der Waals surface area contributed by atoms with Crippen LogP contribution < -0.4 is 10.6 Å². The molecule has 0 saturated carbocycles. The van der Waals surface area contributed by atoms with Crippen LogP contribution in [0.15, 0.2) is 36.4 Å². The molecule has 2 aromatic carbocycles. The number of anilines is 2. The van der Waals surface area contributed by atoms with E-state index in [2.05, 4.69) is 31.0 Å². The number of hydrogen-bond donors (Lipinski definition) is 2. The van der Waals surface area contributed by atoms with Gasteiger partial charge in [0.15, 0.2) is 0 Å². The molecule has 34 heavy (non-hydrogen) atoms. The summed E-state index contributed by atoms with van der Waals surface area (Å²) in [6.07, 6.45) is 6.88. The summed E-state index contributed by atoms with van der Waals surface area (Å²) in [6, 6.07) is 11.2. The zero-order chi connectivity index (χ0) is 23.9. The number of unbranched alkanes of at least 4 members (excludes halogenated alkanes) is 5. The van der Waals surface area contributed by atoms with E-state index in [1.165, 1.54) is 0 Å². The van der Waals surface area contributed by atoms with Crippen molar-refractivity contribution in [2.24, 2.45) is 0 Å². The van der Waals surface area contributed by atoms with Gasteiger partial charge in [0.1, 0.15) is 22.1 Å². The quantitative estimate of drug-likeness (QED) is 0.244. The highest BCUT2D eigenvalue weighted by Crippen LogP contribution is 2.17. The first kappa shape index (κ1) is 24.4. The molecular formula is C22H28Al2N8O2. The number of carbonyl (C=O) groups excluding carboxylic acids is 2. The first-order chi connectivity index (χ1) is 16.5. The number of nitrogens with zero attached hydrogens (tertiary/aromatic N) is 6. The van der Waals surface area contributed by atoms with Crippen LogP contribution in [-0.2, 0) is 9.59 Å². The molecule has 0 aliphatic carbocycles. The Hall–Kier alpha value is -2.76. The maximum atomic E-state index is 12.2. The second-order valence-corrected chi connectivity index (χ2v) is 10.1. The van der Waals surface area contributed by atoms with Crippen molar-refractivity contribution >= 4 is 78.3 Å². The van der Waals surface area contributed by atoms with Crippen LogP contribution in [0, 0.1) is 0 Å². The fourth-order valence-corrected chi connectivity index (χ4v) is 4.79. The molecule has 2 aromatic heterocycles. The van der Waals surface area contributed by atoms with Crippen LogP contribution in [0.5, 0.6) is 0 Å². The number of rotatable bonds is 11. The van der Waals surface area contributed by atoms with Gasteiger partial charge in [0.05, 0.1) is 0 Å². The van der Waals surface area contributed by atoms with Crippen LogP contribution in [0.1, 0.15) is 51.4 Å². The van der Waals surface area contributed by atoms with E-state index in [0.29, 0.717) is 12.8 Å². The molecule has 2 N–H and O–H groups in total. The van der Waals surface area contributed by atoms with Gasteiger partial charge < -0.3 is 10.6 Å². The van der Waals surface area contributed by atoms with E-state index in [4.69, 9.17) is 0 Å². The summed E-state index contributed by atoms with van der Waals surface area (Å²) in [7, 11) is 0. The minimum absolute atomic E-state index is 0.0241. The normalized spacial score (nSPS) is 11.2. The predicted molar refractivity (Wildman–Crippen MR) is 137 cm³/mol. The Labute approximate surface area is 213 Å². The molecule has 0 aliphatic heterocycles. The van der Waals surface area contributed by atoms with E-state index in [-0.39, 0.29) is 11.8 Å². The fourth-order valence-electron chi connectivity index (χ4n) is 3.93. The molecule has 2 amide bonds. The summed E-state index contributed by atoms with van der Waals surface area (Å²) in [6.45, 7) is 0. The molecule has 0 radical (unpaired) electrons. The molecule has 12 heteroatoms. The fraction of sp³-hybridized carbons (Fsp3) is 0.364. The van der Waals surface area contributed by atoms with Crippen molar-refractivity contribution in [2.45, 2.75) is 51.4 Å². The third-order valence-corrected chi connectivity index (χ3v) is 6.39. The molecule has 0 aliphatic rings. The van der Waals surface area contributed by atoms with Crippen molar-refractivity contribution in [3.8, 4) is 0 Å². The molecule has 0 spiro atoms. The van der Waals surface area contributed by atoms with E-state index in [1.54, 1.807) is 7.56 Å². The standard InChI is InChI=1S/C22H26N8O2.2Al.4H/c31-21(23-15-9-11-17-19(13-15)27-29-25-17)7-5-3-1-2-4-6-8-22(32)24-16-10-12-18-20(14-16)28-30-26-18;;;;;;/h9-14H,1-8H2,(H4,23,24,25,26,27,28,29,30,31,32);;;;;;/q;2*+1;;;;/p-2. The van der Waals surface area contributed by atoms with Crippen molar-refractivity contribution in [3.05, 3.63) is 36.4 Å². The van der Waals surface area contributed by atoms with E-state index < -0.39 is 0 Å². The van der Waals surface area contributed by atoms with Gasteiger partial charge in [-0.1, -0.05) is 25.7 Å². The van der Waals surface area contributed by atoms with Crippen LogP contribution in [-0.4, -0.2) is 72.8 Å². The van der Waals surface area contributed by atoms with Crippen LogP contribution in [0.4, 0.5) is 11.4 Å². The number of benzene rings is 2. The second kappa shape index (κ2) is 11.6. The van der Waals surface area contributed by atoms with Gasteiger partial charge in [0.2, 0.25) is 11.8 Å². The first-order valence-corrected chi connectivity index (χ1v) is 13.5. The topological polar surface area (TPSA) is 120 Å².